The summed E-state index contributed by atoms with van der Waals surface area (Å²) in [6, 6.07) is 7.33. The number of amides is 2. The van der Waals surface area contributed by atoms with Crippen molar-refractivity contribution >= 4 is 17.5 Å². The molecule has 1 aromatic carbocycles. The van der Waals surface area contributed by atoms with Crippen LogP contribution in [-0.4, -0.2) is 47.1 Å². The van der Waals surface area contributed by atoms with E-state index < -0.39 is 5.60 Å². The summed E-state index contributed by atoms with van der Waals surface area (Å²) in [5.41, 5.74) is 0.301. The van der Waals surface area contributed by atoms with Crippen molar-refractivity contribution in [2.24, 2.45) is 11.3 Å². The molecule has 2 amide bonds. The maximum absolute atomic E-state index is 13.0. The Morgan fingerprint density at radius 2 is 2.00 bits per heavy atom. The zero-order valence-corrected chi connectivity index (χ0v) is 15.0. The quantitative estimate of drug-likeness (QED) is 0.918. The molecule has 25 heavy (non-hydrogen) atoms. The number of hydrogen-bond acceptors (Lipinski definition) is 3. The molecule has 2 saturated heterocycles. The largest absolute Gasteiger partial charge is 0.387 e. The van der Waals surface area contributed by atoms with Crippen molar-refractivity contribution < 1.29 is 14.7 Å². The molecule has 1 aliphatic carbocycles. The summed E-state index contributed by atoms with van der Waals surface area (Å²) in [5.74, 6) is 0.377. The highest BCUT2D eigenvalue weighted by Gasteiger charge is 2.59. The fraction of sp³-hybridized carbons (Fsp3) is 0.600. The zero-order valence-electron chi connectivity index (χ0n) is 15.0. The fourth-order valence-corrected chi connectivity index (χ4v) is 4.47. The van der Waals surface area contributed by atoms with Crippen LogP contribution in [0.15, 0.2) is 24.3 Å². The van der Waals surface area contributed by atoms with Crippen LogP contribution < -0.4 is 4.90 Å². The molecule has 5 nitrogen and oxygen atoms in total. The number of carbonyl (C=O) groups is 2. The minimum absolute atomic E-state index is 0.0573. The second-order valence-corrected chi connectivity index (χ2v) is 8.44. The first kappa shape index (κ1) is 16.6. The molecule has 2 aliphatic heterocycles. The molecule has 0 radical (unpaired) electrons. The van der Waals surface area contributed by atoms with Gasteiger partial charge in [0.2, 0.25) is 5.91 Å². The number of β-amino-alcohol motifs (C(OH)–C–C–N with tert-alkyl or cyclic N) is 1. The summed E-state index contributed by atoms with van der Waals surface area (Å²) < 4.78 is 0. The van der Waals surface area contributed by atoms with Crippen LogP contribution in [0.3, 0.4) is 0 Å². The maximum Gasteiger partial charge on any atom is 0.254 e. The van der Waals surface area contributed by atoms with Gasteiger partial charge in [0.1, 0.15) is 0 Å². The second kappa shape index (κ2) is 5.56. The molecule has 3 aliphatic rings. The molecule has 0 bridgehead atoms. The molecule has 0 unspecified atom stereocenters. The summed E-state index contributed by atoms with van der Waals surface area (Å²) in [4.78, 5) is 28.5. The Labute approximate surface area is 148 Å². The van der Waals surface area contributed by atoms with Gasteiger partial charge in [-0.25, -0.2) is 0 Å². The average Bonchev–Trinajstić information content (AvgIpc) is 3.30. The Hall–Kier alpha value is -1.88. The van der Waals surface area contributed by atoms with Gasteiger partial charge in [-0.15, -0.1) is 0 Å². The molecule has 5 heteroatoms. The van der Waals surface area contributed by atoms with Crippen LogP contribution in [0, 0.1) is 11.3 Å². The van der Waals surface area contributed by atoms with Crippen molar-refractivity contribution in [1.82, 2.24) is 4.90 Å². The SMILES string of the molecule is CC1(C)CN(C(=O)c2cccc(N3CCCC3=O)c2)C[C@@]1(O)C1CC1. The summed E-state index contributed by atoms with van der Waals surface area (Å²) in [7, 11) is 0. The lowest BCUT2D eigenvalue weighted by Crippen LogP contribution is -2.46. The minimum atomic E-state index is -0.787. The van der Waals surface area contributed by atoms with Crippen molar-refractivity contribution in [3.63, 3.8) is 0 Å². The first-order valence-corrected chi connectivity index (χ1v) is 9.24. The molecule has 1 N–H and O–H groups in total. The van der Waals surface area contributed by atoms with Crippen molar-refractivity contribution in [3.8, 4) is 0 Å². The molecule has 0 aromatic heterocycles. The molecule has 3 fully saturated rings. The van der Waals surface area contributed by atoms with Gasteiger partial charge in [0.15, 0.2) is 0 Å². The number of benzene rings is 1. The van der Waals surface area contributed by atoms with Crippen LogP contribution in [0.25, 0.3) is 0 Å². The highest BCUT2D eigenvalue weighted by atomic mass is 16.3. The number of hydrogen-bond donors (Lipinski definition) is 1. The molecule has 0 spiro atoms. The van der Waals surface area contributed by atoms with Crippen LogP contribution in [0.4, 0.5) is 5.69 Å². The predicted octanol–water partition coefficient (Wildman–Crippen LogP) is 2.44. The normalized spacial score (nSPS) is 28.7. The van der Waals surface area contributed by atoms with E-state index in [9.17, 15) is 14.7 Å². The van der Waals surface area contributed by atoms with Gasteiger partial charge in [0.25, 0.3) is 5.91 Å². The van der Waals surface area contributed by atoms with E-state index in [0.29, 0.717) is 37.5 Å². The third-order valence-corrected chi connectivity index (χ3v) is 6.21. The van der Waals surface area contributed by atoms with E-state index >= 15 is 0 Å². The Kier molecular flexibility index (Phi) is 3.69. The highest BCUT2D eigenvalue weighted by Crippen LogP contribution is 2.52. The third kappa shape index (κ3) is 2.65. The average molecular weight is 342 g/mol. The molecule has 1 atom stereocenters. The van der Waals surface area contributed by atoms with E-state index in [1.807, 2.05) is 18.2 Å². The molecule has 2 heterocycles. The van der Waals surface area contributed by atoms with Gasteiger partial charge in [-0.05, 0) is 43.4 Å². The van der Waals surface area contributed by atoms with Crippen molar-refractivity contribution in [3.05, 3.63) is 29.8 Å². The number of rotatable bonds is 3. The minimum Gasteiger partial charge on any atom is -0.387 e. The molecule has 4 rings (SSSR count). The first-order chi connectivity index (χ1) is 11.8. The smallest absolute Gasteiger partial charge is 0.254 e. The van der Waals surface area contributed by atoms with Gasteiger partial charge in [0.05, 0.1) is 12.1 Å². The summed E-state index contributed by atoms with van der Waals surface area (Å²) in [6.07, 6.45) is 3.54. The second-order valence-electron chi connectivity index (χ2n) is 8.44. The van der Waals surface area contributed by atoms with E-state index in [2.05, 4.69) is 13.8 Å². The van der Waals surface area contributed by atoms with E-state index in [4.69, 9.17) is 0 Å². The Morgan fingerprint density at radius 3 is 2.64 bits per heavy atom. The lowest BCUT2D eigenvalue weighted by molar-refractivity contribution is -0.117. The van der Waals surface area contributed by atoms with Crippen LogP contribution in [0.1, 0.15) is 49.9 Å². The molecule has 1 aromatic rings. The summed E-state index contributed by atoms with van der Waals surface area (Å²) in [6.45, 7) is 5.78. The van der Waals surface area contributed by atoms with Gasteiger partial charge in [0, 0.05) is 36.2 Å². The van der Waals surface area contributed by atoms with Crippen LogP contribution in [-0.2, 0) is 4.79 Å². The Balaban J connectivity index is 1.56. The van der Waals surface area contributed by atoms with E-state index in [1.165, 1.54) is 0 Å². The topological polar surface area (TPSA) is 60.9 Å². The van der Waals surface area contributed by atoms with Crippen molar-refractivity contribution in [2.75, 3.05) is 24.5 Å². The summed E-state index contributed by atoms with van der Waals surface area (Å²) >= 11 is 0. The van der Waals surface area contributed by atoms with E-state index in [1.54, 1.807) is 15.9 Å². The van der Waals surface area contributed by atoms with Gasteiger partial charge in [-0.2, -0.15) is 0 Å². The van der Waals surface area contributed by atoms with Crippen molar-refractivity contribution in [2.45, 2.75) is 45.1 Å². The fourth-order valence-electron chi connectivity index (χ4n) is 4.47. The van der Waals surface area contributed by atoms with Crippen LogP contribution in [0.5, 0.6) is 0 Å². The predicted molar refractivity (Wildman–Crippen MR) is 95.4 cm³/mol. The maximum atomic E-state index is 13.0. The van der Waals surface area contributed by atoms with Gasteiger partial charge < -0.3 is 14.9 Å². The number of likely N-dealkylation sites (tertiary alicyclic amines) is 1. The monoisotopic (exact) mass is 342 g/mol. The number of nitrogens with zero attached hydrogens (tertiary/aromatic N) is 2. The first-order valence-electron chi connectivity index (χ1n) is 9.24. The van der Waals surface area contributed by atoms with Gasteiger partial charge in [-0.1, -0.05) is 19.9 Å². The molecule has 134 valence electrons. The van der Waals surface area contributed by atoms with Gasteiger partial charge in [-0.3, -0.25) is 9.59 Å². The number of carbonyl (C=O) groups excluding carboxylic acids is 2. The highest BCUT2D eigenvalue weighted by molar-refractivity contribution is 5.99. The number of aliphatic hydroxyl groups is 1. The molecular weight excluding hydrogens is 316 g/mol. The van der Waals surface area contributed by atoms with Gasteiger partial charge >= 0.3 is 0 Å². The van der Waals surface area contributed by atoms with Crippen LogP contribution >= 0.6 is 0 Å². The van der Waals surface area contributed by atoms with Crippen LogP contribution in [0.2, 0.25) is 0 Å². The van der Waals surface area contributed by atoms with E-state index in [-0.39, 0.29) is 17.2 Å². The third-order valence-electron chi connectivity index (χ3n) is 6.21. The lowest BCUT2D eigenvalue weighted by Gasteiger charge is -2.35. The van der Waals surface area contributed by atoms with E-state index in [0.717, 1.165) is 24.9 Å². The summed E-state index contributed by atoms with van der Waals surface area (Å²) in [5, 5.41) is 11.1. The zero-order chi connectivity index (χ0) is 17.8. The standard InChI is InChI=1S/C20H26N2O3/c1-19(2)12-21(13-20(19,25)15-8-9-15)18(24)14-5-3-6-16(11-14)22-10-4-7-17(22)23/h3,5-6,11,15,25H,4,7-10,12-13H2,1-2H3/t20-/m1/s1. The van der Waals surface area contributed by atoms with Crippen molar-refractivity contribution in [1.29, 1.82) is 0 Å². The Morgan fingerprint density at radius 1 is 1.24 bits per heavy atom. The lowest BCUT2D eigenvalue weighted by atomic mass is 9.75. The molecular formula is C20H26N2O3. The molecule has 1 saturated carbocycles. The Bertz CT molecular complexity index is 725. The number of anilines is 1.